The van der Waals surface area contributed by atoms with E-state index in [9.17, 15) is 8.42 Å². The predicted molar refractivity (Wildman–Crippen MR) is 88.0 cm³/mol. The number of hydrogen-bond donors (Lipinski definition) is 1. The molecule has 1 saturated heterocycles. The van der Waals surface area contributed by atoms with Crippen molar-refractivity contribution in [3.63, 3.8) is 0 Å². The monoisotopic (exact) mass is 339 g/mol. The fourth-order valence-electron chi connectivity index (χ4n) is 3.10. The van der Waals surface area contributed by atoms with Crippen LogP contribution in [-0.2, 0) is 16.4 Å². The zero-order valence-electron chi connectivity index (χ0n) is 12.9. The second-order valence-corrected chi connectivity index (χ2v) is 9.36. The fraction of sp³-hybridized carbons (Fsp3) is 0.533. The maximum absolute atomic E-state index is 11.9. The number of thiophene rings is 1. The van der Waals surface area contributed by atoms with Crippen molar-refractivity contribution in [2.75, 3.05) is 19.3 Å². The molecule has 0 amide bonds. The number of nitrogens with zero attached hydrogens (tertiary/aromatic N) is 2. The van der Waals surface area contributed by atoms with E-state index in [-0.39, 0.29) is 5.92 Å². The molecule has 5 nitrogen and oxygen atoms in total. The quantitative estimate of drug-likeness (QED) is 0.930. The molecule has 120 valence electrons. The first-order chi connectivity index (χ1) is 10.4. The minimum absolute atomic E-state index is 0.210. The normalized spacial score (nSPS) is 20.4. The summed E-state index contributed by atoms with van der Waals surface area (Å²) in [4.78, 5) is 5.46. The first-order valence-electron chi connectivity index (χ1n) is 7.44. The van der Waals surface area contributed by atoms with E-state index in [1.807, 2.05) is 11.3 Å². The van der Waals surface area contributed by atoms with Gasteiger partial charge in [-0.3, -0.25) is 10.00 Å². The molecule has 1 atom stereocenters. The van der Waals surface area contributed by atoms with Gasteiger partial charge in [-0.1, -0.05) is 0 Å². The standard InChI is InChI=1S/C15H21N3O2S2/c1-11-5-6-13(21-11)10-18-7-3-4-12(9-18)15-14(8-16-17-15)22(2,19)20/h5-6,8,12H,3-4,7,9-10H2,1-2H3,(H,16,17)/t12-/m0/s1. The summed E-state index contributed by atoms with van der Waals surface area (Å²) < 4.78 is 23.7. The lowest BCUT2D eigenvalue weighted by atomic mass is 9.95. The van der Waals surface area contributed by atoms with E-state index < -0.39 is 9.84 Å². The van der Waals surface area contributed by atoms with Crippen LogP contribution in [0.2, 0.25) is 0 Å². The van der Waals surface area contributed by atoms with Gasteiger partial charge in [-0.25, -0.2) is 8.42 Å². The van der Waals surface area contributed by atoms with Gasteiger partial charge in [0.1, 0.15) is 4.90 Å². The van der Waals surface area contributed by atoms with E-state index >= 15 is 0 Å². The highest BCUT2D eigenvalue weighted by molar-refractivity contribution is 7.90. The average molecular weight is 339 g/mol. The summed E-state index contributed by atoms with van der Waals surface area (Å²) in [7, 11) is -3.22. The molecule has 7 heteroatoms. The van der Waals surface area contributed by atoms with Crippen molar-refractivity contribution < 1.29 is 8.42 Å². The lowest BCUT2D eigenvalue weighted by molar-refractivity contribution is 0.199. The highest BCUT2D eigenvalue weighted by atomic mass is 32.2. The molecular weight excluding hydrogens is 318 g/mol. The minimum atomic E-state index is -3.22. The molecule has 3 heterocycles. The molecule has 1 aliphatic heterocycles. The van der Waals surface area contributed by atoms with Gasteiger partial charge in [-0.05, 0) is 38.4 Å². The molecule has 2 aromatic heterocycles. The summed E-state index contributed by atoms with van der Waals surface area (Å²) in [5.41, 5.74) is 0.773. The minimum Gasteiger partial charge on any atom is -0.298 e. The Labute approximate surface area is 135 Å². The number of sulfone groups is 1. The number of hydrogen-bond acceptors (Lipinski definition) is 5. The first kappa shape index (κ1) is 15.7. The Morgan fingerprint density at radius 3 is 2.95 bits per heavy atom. The molecular formula is C15H21N3O2S2. The summed E-state index contributed by atoms with van der Waals surface area (Å²) in [6.07, 6.45) is 4.77. The van der Waals surface area contributed by atoms with Crippen molar-refractivity contribution >= 4 is 21.2 Å². The van der Waals surface area contributed by atoms with Gasteiger partial charge in [0.15, 0.2) is 9.84 Å². The summed E-state index contributed by atoms with van der Waals surface area (Å²) in [5, 5.41) is 6.87. The molecule has 1 fully saturated rings. The van der Waals surface area contributed by atoms with E-state index in [1.54, 1.807) is 0 Å². The van der Waals surface area contributed by atoms with Crippen LogP contribution in [0, 0.1) is 6.92 Å². The largest absolute Gasteiger partial charge is 0.298 e. The third-order valence-corrected chi connectivity index (χ3v) is 6.23. The molecule has 0 bridgehead atoms. The second kappa shape index (κ2) is 6.14. The van der Waals surface area contributed by atoms with E-state index in [4.69, 9.17) is 0 Å². The van der Waals surface area contributed by atoms with Gasteiger partial charge in [0.2, 0.25) is 0 Å². The fourth-order valence-corrected chi connectivity index (χ4v) is 4.89. The Bertz CT molecular complexity index is 748. The van der Waals surface area contributed by atoms with Crippen molar-refractivity contribution in [3.05, 3.63) is 33.8 Å². The topological polar surface area (TPSA) is 66.1 Å². The van der Waals surface area contributed by atoms with Crippen LogP contribution in [0.4, 0.5) is 0 Å². The van der Waals surface area contributed by atoms with Gasteiger partial charge in [0.25, 0.3) is 0 Å². The van der Waals surface area contributed by atoms with E-state index in [1.165, 1.54) is 22.2 Å². The first-order valence-corrected chi connectivity index (χ1v) is 10.2. The number of likely N-dealkylation sites (tertiary alicyclic amines) is 1. The Balaban J connectivity index is 1.75. The number of aromatic nitrogens is 2. The van der Waals surface area contributed by atoms with Crippen LogP contribution in [0.5, 0.6) is 0 Å². The van der Waals surface area contributed by atoms with Crippen LogP contribution in [0.1, 0.15) is 34.2 Å². The van der Waals surface area contributed by atoms with E-state index in [0.717, 1.165) is 38.2 Å². The van der Waals surface area contributed by atoms with E-state index in [0.29, 0.717) is 4.90 Å². The van der Waals surface area contributed by atoms with Crippen LogP contribution in [0.3, 0.4) is 0 Å². The summed E-state index contributed by atoms with van der Waals surface area (Å²) in [6.45, 7) is 5.00. The van der Waals surface area contributed by atoms with Crippen molar-refractivity contribution in [2.45, 2.75) is 37.1 Å². The Kier molecular flexibility index (Phi) is 4.38. The summed E-state index contributed by atoms with van der Waals surface area (Å²) >= 11 is 1.83. The number of rotatable bonds is 4. The van der Waals surface area contributed by atoms with Gasteiger partial charge in [0, 0.05) is 35.0 Å². The van der Waals surface area contributed by atoms with Crippen molar-refractivity contribution in [1.29, 1.82) is 0 Å². The zero-order valence-corrected chi connectivity index (χ0v) is 14.5. The van der Waals surface area contributed by atoms with Crippen molar-refractivity contribution in [3.8, 4) is 0 Å². The zero-order chi connectivity index (χ0) is 15.7. The number of H-pyrrole nitrogens is 1. The number of piperidine rings is 1. The lowest BCUT2D eigenvalue weighted by Crippen LogP contribution is -2.34. The van der Waals surface area contributed by atoms with Crippen LogP contribution in [0.15, 0.2) is 23.2 Å². The SMILES string of the molecule is Cc1ccc(CN2CCC[C@H](c3[nH]ncc3S(C)(=O)=O)C2)s1. The van der Waals surface area contributed by atoms with Gasteiger partial charge >= 0.3 is 0 Å². The Morgan fingerprint density at radius 1 is 1.45 bits per heavy atom. The van der Waals surface area contributed by atoms with Gasteiger partial charge in [-0.15, -0.1) is 11.3 Å². The van der Waals surface area contributed by atoms with Gasteiger partial charge in [0.05, 0.1) is 11.9 Å². The van der Waals surface area contributed by atoms with Crippen LogP contribution in [-0.4, -0.2) is 42.9 Å². The molecule has 0 aromatic carbocycles. The smallest absolute Gasteiger partial charge is 0.178 e. The highest BCUT2D eigenvalue weighted by Gasteiger charge is 2.27. The molecule has 1 aliphatic rings. The maximum Gasteiger partial charge on any atom is 0.178 e. The average Bonchev–Trinajstić information content (AvgIpc) is 3.07. The third kappa shape index (κ3) is 3.42. The van der Waals surface area contributed by atoms with Crippen molar-refractivity contribution in [1.82, 2.24) is 15.1 Å². The molecule has 3 rings (SSSR count). The molecule has 0 aliphatic carbocycles. The van der Waals surface area contributed by atoms with Gasteiger partial charge < -0.3 is 0 Å². The summed E-state index contributed by atoms with van der Waals surface area (Å²) in [5.74, 6) is 0.210. The Morgan fingerprint density at radius 2 is 2.27 bits per heavy atom. The predicted octanol–water partition coefficient (Wildman–Crippen LogP) is 2.56. The molecule has 1 N–H and O–H groups in total. The molecule has 0 radical (unpaired) electrons. The Hall–Kier alpha value is -1.18. The molecule has 0 saturated carbocycles. The number of aromatic amines is 1. The van der Waals surface area contributed by atoms with Crippen molar-refractivity contribution in [2.24, 2.45) is 0 Å². The lowest BCUT2D eigenvalue weighted by Gasteiger charge is -2.32. The van der Waals surface area contributed by atoms with Gasteiger partial charge in [-0.2, -0.15) is 5.10 Å². The van der Waals surface area contributed by atoms with Crippen LogP contribution in [0.25, 0.3) is 0 Å². The molecule has 22 heavy (non-hydrogen) atoms. The molecule has 0 spiro atoms. The molecule has 2 aromatic rings. The van der Waals surface area contributed by atoms with Crippen LogP contribution >= 0.6 is 11.3 Å². The summed E-state index contributed by atoms with van der Waals surface area (Å²) in [6, 6.07) is 4.33. The number of aryl methyl sites for hydroxylation is 1. The molecule has 0 unspecified atom stereocenters. The maximum atomic E-state index is 11.9. The van der Waals surface area contributed by atoms with Crippen LogP contribution < -0.4 is 0 Å². The third-order valence-electron chi connectivity index (χ3n) is 4.12. The second-order valence-electron chi connectivity index (χ2n) is 6.01. The number of nitrogens with one attached hydrogen (secondary N) is 1. The van der Waals surface area contributed by atoms with E-state index in [2.05, 4.69) is 34.2 Å². The highest BCUT2D eigenvalue weighted by Crippen LogP contribution is 2.31.